The fourth-order valence-electron chi connectivity index (χ4n) is 1.95. The van der Waals surface area contributed by atoms with Crippen LogP contribution in [-0.2, 0) is 4.79 Å². The summed E-state index contributed by atoms with van der Waals surface area (Å²) in [4.78, 5) is 22.6. The van der Waals surface area contributed by atoms with Gasteiger partial charge in [0.1, 0.15) is 11.3 Å². The quantitative estimate of drug-likeness (QED) is 0.865. The van der Waals surface area contributed by atoms with Gasteiger partial charge in [0, 0.05) is 5.56 Å². The minimum atomic E-state index is -1.13. The second-order valence-electron chi connectivity index (χ2n) is 4.33. The number of aromatic nitrogens is 1. The molecule has 0 saturated heterocycles. The Labute approximate surface area is 113 Å². The molecule has 102 valence electrons. The van der Waals surface area contributed by atoms with Gasteiger partial charge in [0.25, 0.3) is 5.91 Å². The van der Waals surface area contributed by atoms with Gasteiger partial charge in [-0.15, -0.1) is 0 Å². The highest BCUT2D eigenvalue weighted by atomic mass is 16.5. The Balaban J connectivity index is 2.05. The number of hydrogen-bond donors (Lipinski definition) is 2. The number of ether oxygens (including phenoxy) is 1. The number of rotatable bonds is 2. The highest BCUT2D eigenvalue weighted by molar-refractivity contribution is 5.99. The van der Waals surface area contributed by atoms with Gasteiger partial charge in [-0.05, 0) is 25.1 Å². The molecule has 1 aromatic carbocycles. The first-order valence-electron chi connectivity index (χ1n) is 5.86. The van der Waals surface area contributed by atoms with Crippen molar-refractivity contribution < 1.29 is 24.0 Å². The number of carboxylic acids is 1. The van der Waals surface area contributed by atoms with Crippen molar-refractivity contribution in [1.29, 1.82) is 0 Å². The third-order valence-corrected chi connectivity index (χ3v) is 2.97. The van der Waals surface area contributed by atoms with Crippen molar-refractivity contribution in [3.63, 3.8) is 0 Å². The Bertz CT molecular complexity index is 707. The Hall–Kier alpha value is -2.83. The standard InChI is InChI=1S/C13H10N2O5/c1-6-12(16)15-9-4-7(2-3-10(9)19-6)11-8(13(17)18)5-14-20-11/h2-6H,1H3,(H,15,16)(H,17,18). The summed E-state index contributed by atoms with van der Waals surface area (Å²) in [5.74, 6) is -0.732. The van der Waals surface area contributed by atoms with Crippen LogP contribution in [-0.4, -0.2) is 28.2 Å². The Morgan fingerprint density at radius 2 is 2.25 bits per heavy atom. The van der Waals surface area contributed by atoms with Crippen LogP contribution in [0.15, 0.2) is 28.9 Å². The van der Waals surface area contributed by atoms with Crippen molar-refractivity contribution in [2.24, 2.45) is 0 Å². The molecule has 2 N–H and O–H groups in total. The maximum Gasteiger partial charge on any atom is 0.341 e. The summed E-state index contributed by atoms with van der Waals surface area (Å²) in [6.07, 6.45) is 0.571. The predicted octanol–water partition coefficient (Wildman–Crippen LogP) is 1.76. The molecule has 1 amide bonds. The smallest absolute Gasteiger partial charge is 0.341 e. The Kier molecular flexibility index (Phi) is 2.67. The summed E-state index contributed by atoms with van der Waals surface area (Å²) in [7, 11) is 0. The van der Waals surface area contributed by atoms with Crippen molar-refractivity contribution in [3.05, 3.63) is 30.0 Å². The molecule has 3 rings (SSSR count). The molecule has 0 aliphatic carbocycles. The van der Waals surface area contributed by atoms with E-state index in [-0.39, 0.29) is 17.2 Å². The lowest BCUT2D eigenvalue weighted by atomic mass is 10.1. The van der Waals surface area contributed by atoms with Gasteiger partial charge in [-0.1, -0.05) is 5.16 Å². The molecule has 2 aromatic rings. The van der Waals surface area contributed by atoms with E-state index in [1.165, 1.54) is 0 Å². The van der Waals surface area contributed by atoms with E-state index in [0.717, 1.165) is 6.20 Å². The number of nitrogens with one attached hydrogen (secondary N) is 1. The molecule has 1 aliphatic rings. The van der Waals surface area contributed by atoms with Crippen molar-refractivity contribution in [3.8, 4) is 17.1 Å². The number of amides is 1. The molecule has 7 heteroatoms. The average molecular weight is 274 g/mol. The van der Waals surface area contributed by atoms with Crippen molar-refractivity contribution in [2.75, 3.05) is 5.32 Å². The highest BCUT2D eigenvalue weighted by Gasteiger charge is 2.25. The monoisotopic (exact) mass is 274 g/mol. The fraction of sp³-hybridized carbons (Fsp3) is 0.154. The molecule has 2 heterocycles. The van der Waals surface area contributed by atoms with Crippen molar-refractivity contribution >= 4 is 17.6 Å². The van der Waals surface area contributed by atoms with Crippen LogP contribution in [0.4, 0.5) is 5.69 Å². The lowest BCUT2D eigenvalue weighted by molar-refractivity contribution is -0.122. The third-order valence-electron chi connectivity index (χ3n) is 2.97. The van der Waals surface area contributed by atoms with E-state index in [0.29, 0.717) is 17.0 Å². The van der Waals surface area contributed by atoms with Gasteiger partial charge in [-0.3, -0.25) is 4.79 Å². The van der Waals surface area contributed by atoms with E-state index in [2.05, 4.69) is 10.5 Å². The van der Waals surface area contributed by atoms with E-state index >= 15 is 0 Å². The van der Waals surface area contributed by atoms with Crippen LogP contribution in [0.5, 0.6) is 5.75 Å². The number of carbonyl (C=O) groups excluding carboxylic acids is 1. The summed E-state index contributed by atoms with van der Waals surface area (Å²) in [5, 5.41) is 15.2. The molecule has 0 spiro atoms. The van der Waals surface area contributed by atoms with Crippen LogP contribution in [0.3, 0.4) is 0 Å². The van der Waals surface area contributed by atoms with Gasteiger partial charge in [0.15, 0.2) is 11.9 Å². The number of nitrogens with zero attached hydrogens (tertiary/aromatic N) is 1. The first-order chi connectivity index (χ1) is 9.56. The summed E-state index contributed by atoms with van der Waals surface area (Å²) in [6.45, 7) is 1.64. The number of anilines is 1. The first kappa shape index (κ1) is 12.2. The first-order valence-corrected chi connectivity index (χ1v) is 5.86. The van der Waals surface area contributed by atoms with Crippen LogP contribution in [0.1, 0.15) is 17.3 Å². The molecule has 0 radical (unpaired) electrons. The molecule has 0 bridgehead atoms. The molecule has 7 nitrogen and oxygen atoms in total. The van der Waals surface area contributed by atoms with Gasteiger partial charge in [-0.25, -0.2) is 4.79 Å². The van der Waals surface area contributed by atoms with Gasteiger partial charge < -0.3 is 19.7 Å². The maximum atomic E-state index is 11.6. The van der Waals surface area contributed by atoms with Crippen LogP contribution < -0.4 is 10.1 Å². The zero-order valence-electron chi connectivity index (χ0n) is 10.4. The van der Waals surface area contributed by atoms with E-state index in [1.807, 2.05) is 0 Å². The van der Waals surface area contributed by atoms with E-state index in [4.69, 9.17) is 14.4 Å². The van der Waals surface area contributed by atoms with E-state index in [9.17, 15) is 9.59 Å². The molecule has 0 fully saturated rings. The van der Waals surface area contributed by atoms with Crippen LogP contribution in [0, 0.1) is 0 Å². The van der Waals surface area contributed by atoms with Crippen LogP contribution in [0.2, 0.25) is 0 Å². The second kappa shape index (κ2) is 4.37. The molecule has 20 heavy (non-hydrogen) atoms. The summed E-state index contributed by atoms with van der Waals surface area (Å²) < 4.78 is 10.4. The third kappa shape index (κ3) is 1.89. The predicted molar refractivity (Wildman–Crippen MR) is 67.6 cm³/mol. The number of aromatic carboxylic acids is 1. The minimum absolute atomic E-state index is 0.0404. The number of fused-ring (bicyclic) bond motifs is 1. The summed E-state index contributed by atoms with van der Waals surface area (Å²) in [5.41, 5.74) is 0.928. The zero-order valence-corrected chi connectivity index (χ0v) is 10.4. The topological polar surface area (TPSA) is 102 Å². The molecule has 1 unspecified atom stereocenters. The highest BCUT2D eigenvalue weighted by Crippen LogP contribution is 2.34. The van der Waals surface area contributed by atoms with Crippen LogP contribution >= 0.6 is 0 Å². The summed E-state index contributed by atoms with van der Waals surface area (Å²) >= 11 is 0. The zero-order chi connectivity index (χ0) is 14.3. The van der Waals surface area contributed by atoms with Crippen molar-refractivity contribution in [1.82, 2.24) is 5.16 Å². The van der Waals surface area contributed by atoms with Gasteiger partial charge in [0.2, 0.25) is 0 Å². The summed E-state index contributed by atoms with van der Waals surface area (Å²) in [6, 6.07) is 4.89. The lowest BCUT2D eigenvalue weighted by Crippen LogP contribution is -2.34. The lowest BCUT2D eigenvalue weighted by Gasteiger charge is -2.23. The molecule has 1 aliphatic heterocycles. The number of hydrogen-bond acceptors (Lipinski definition) is 5. The molecule has 0 saturated carbocycles. The van der Waals surface area contributed by atoms with E-state index in [1.54, 1.807) is 25.1 Å². The van der Waals surface area contributed by atoms with Crippen molar-refractivity contribution in [2.45, 2.75) is 13.0 Å². The number of carboxylic acid groups (broad SMARTS) is 1. The van der Waals surface area contributed by atoms with Crippen LogP contribution in [0.25, 0.3) is 11.3 Å². The second-order valence-corrected chi connectivity index (χ2v) is 4.33. The Morgan fingerprint density at radius 3 is 3.00 bits per heavy atom. The van der Waals surface area contributed by atoms with E-state index < -0.39 is 12.1 Å². The molecular formula is C13H10N2O5. The number of carbonyl (C=O) groups is 2. The van der Waals surface area contributed by atoms with Gasteiger partial charge in [-0.2, -0.15) is 0 Å². The molecule has 1 aromatic heterocycles. The SMILES string of the molecule is CC1Oc2ccc(-c3oncc3C(=O)O)cc2NC1=O. The average Bonchev–Trinajstić information content (AvgIpc) is 2.89. The number of benzene rings is 1. The molecule has 1 atom stereocenters. The largest absolute Gasteiger partial charge is 0.479 e. The molecular weight excluding hydrogens is 264 g/mol. The normalized spacial score (nSPS) is 17.1. The van der Waals surface area contributed by atoms with Gasteiger partial charge >= 0.3 is 5.97 Å². The minimum Gasteiger partial charge on any atom is -0.479 e. The fourth-order valence-corrected chi connectivity index (χ4v) is 1.95. The Morgan fingerprint density at radius 1 is 1.45 bits per heavy atom. The van der Waals surface area contributed by atoms with Gasteiger partial charge in [0.05, 0.1) is 11.9 Å². The maximum absolute atomic E-state index is 11.6.